The van der Waals surface area contributed by atoms with Gasteiger partial charge in [0.25, 0.3) is 0 Å². The zero-order valence-electron chi connectivity index (χ0n) is 11.6. The van der Waals surface area contributed by atoms with Gasteiger partial charge >= 0.3 is 0 Å². The number of amides is 1. The molecule has 1 saturated heterocycles. The van der Waals surface area contributed by atoms with E-state index in [9.17, 15) is 4.79 Å². The minimum Gasteiger partial charge on any atom is -0.379 e. The van der Waals surface area contributed by atoms with Crippen LogP contribution in [0.1, 0.15) is 18.5 Å². The van der Waals surface area contributed by atoms with Gasteiger partial charge in [-0.3, -0.25) is 4.79 Å². The Morgan fingerprint density at radius 1 is 1.63 bits per heavy atom. The number of hydrogen-bond donors (Lipinski definition) is 1. The van der Waals surface area contributed by atoms with Crippen molar-refractivity contribution in [3.8, 4) is 0 Å². The molecule has 0 radical (unpaired) electrons. The largest absolute Gasteiger partial charge is 0.379 e. The maximum absolute atomic E-state index is 11.9. The van der Waals surface area contributed by atoms with E-state index in [4.69, 9.17) is 9.47 Å². The van der Waals surface area contributed by atoms with Crippen molar-refractivity contribution in [3.05, 3.63) is 24.0 Å². The molecule has 2 rings (SSSR count). The van der Waals surface area contributed by atoms with Gasteiger partial charge in [-0.15, -0.1) is 0 Å². The Balaban J connectivity index is 1.79. The van der Waals surface area contributed by atoms with E-state index in [1.165, 1.54) is 5.69 Å². The lowest BCUT2D eigenvalue weighted by molar-refractivity contribution is -0.125. The SMILES string of the molecule is CO[C@@H]1CCOC[C@H]1NC(=O)CCc1cccn1C. The third kappa shape index (κ3) is 3.81. The second kappa shape index (κ2) is 6.73. The average molecular weight is 266 g/mol. The number of hydrogen-bond acceptors (Lipinski definition) is 3. The highest BCUT2D eigenvalue weighted by Gasteiger charge is 2.26. The van der Waals surface area contributed by atoms with Gasteiger partial charge in [0.2, 0.25) is 5.91 Å². The van der Waals surface area contributed by atoms with Crippen molar-refractivity contribution in [1.82, 2.24) is 9.88 Å². The van der Waals surface area contributed by atoms with Crippen LogP contribution in [0.4, 0.5) is 0 Å². The Morgan fingerprint density at radius 2 is 2.47 bits per heavy atom. The number of aryl methyl sites for hydroxylation is 2. The van der Waals surface area contributed by atoms with Gasteiger partial charge in [0.1, 0.15) is 0 Å². The predicted octanol–water partition coefficient (Wildman–Crippen LogP) is 0.878. The molecule has 0 bridgehead atoms. The number of methoxy groups -OCH3 is 1. The molecular weight excluding hydrogens is 244 g/mol. The Labute approximate surface area is 113 Å². The van der Waals surface area contributed by atoms with E-state index in [0.717, 1.165) is 12.8 Å². The molecule has 1 aliphatic rings. The number of ether oxygens (including phenoxy) is 2. The molecule has 1 N–H and O–H groups in total. The van der Waals surface area contributed by atoms with E-state index >= 15 is 0 Å². The Morgan fingerprint density at radius 3 is 3.16 bits per heavy atom. The number of rotatable bonds is 5. The van der Waals surface area contributed by atoms with Crippen LogP contribution in [0.5, 0.6) is 0 Å². The first kappa shape index (κ1) is 14.1. The van der Waals surface area contributed by atoms with Crippen LogP contribution in [-0.4, -0.2) is 42.9 Å². The van der Waals surface area contributed by atoms with Crippen LogP contribution in [0.15, 0.2) is 18.3 Å². The normalized spacial score (nSPS) is 23.3. The zero-order chi connectivity index (χ0) is 13.7. The van der Waals surface area contributed by atoms with Crippen molar-refractivity contribution in [2.24, 2.45) is 7.05 Å². The van der Waals surface area contributed by atoms with Crippen LogP contribution in [0.25, 0.3) is 0 Å². The van der Waals surface area contributed by atoms with E-state index in [1.54, 1.807) is 7.11 Å². The zero-order valence-corrected chi connectivity index (χ0v) is 11.6. The van der Waals surface area contributed by atoms with Gasteiger partial charge < -0.3 is 19.4 Å². The van der Waals surface area contributed by atoms with Crippen LogP contribution in [-0.2, 0) is 27.7 Å². The fraction of sp³-hybridized carbons (Fsp3) is 0.643. The maximum Gasteiger partial charge on any atom is 0.220 e. The second-order valence-corrected chi connectivity index (χ2v) is 4.92. The van der Waals surface area contributed by atoms with Gasteiger partial charge in [-0.1, -0.05) is 0 Å². The van der Waals surface area contributed by atoms with Crippen molar-refractivity contribution >= 4 is 5.91 Å². The summed E-state index contributed by atoms with van der Waals surface area (Å²) in [5.41, 5.74) is 1.17. The molecule has 5 heteroatoms. The van der Waals surface area contributed by atoms with Crippen LogP contribution in [0, 0.1) is 0 Å². The number of nitrogens with one attached hydrogen (secondary N) is 1. The van der Waals surface area contributed by atoms with Crippen LogP contribution in [0.2, 0.25) is 0 Å². The fourth-order valence-corrected chi connectivity index (χ4v) is 2.41. The highest BCUT2D eigenvalue weighted by atomic mass is 16.5. The number of carbonyl (C=O) groups is 1. The highest BCUT2D eigenvalue weighted by molar-refractivity contribution is 5.76. The lowest BCUT2D eigenvalue weighted by Crippen LogP contribution is -2.50. The third-order valence-electron chi connectivity index (χ3n) is 3.60. The minimum absolute atomic E-state index is 0.0281. The van der Waals surface area contributed by atoms with Gasteiger partial charge in [0, 0.05) is 39.1 Å². The molecule has 0 spiro atoms. The molecule has 0 unspecified atom stereocenters. The molecule has 1 aromatic rings. The summed E-state index contributed by atoms with van der Waals surface area (Å²) in [5, 5.41) is 3.00. The Hall–Kier alpha value is -1.33. The maximum atomic E-state index is 11.9. The van der Waals surface area contributed by atoms with Gasteiger partial charge in [-0.2, -0.15) is 0 Å². The quantitative estimate of drug-likeness (QED) is 0.860. The van der Waals surface area contributed by atoms with Crippen molar-refractivity contribution in [3.63, 3.8) is 0 Å². The smallest absolute Gasteiger partial charge is 0.220 e. The van der Waals surface area contributed by atoms with Crippen molar-refractivity contribution in [1.29, 1.82) is 0 Å². The lowest BCUT2D eigenvalue weighted by atomic mass is 10.1. The molecule has 1 aromatic heterocycles. The van der Waals surface area contributed by atoms with Gasteiger partial charge in [-0.25, -0.2) is 0 Å². The monoisotopic (exact) mass is 266 g/mol. The summed E-state index contributed by atoms with van der Waals surface area (Å²) in [5.74, 6) is 0.0544. The molecule has 0 saturated carbocycles. The summed E-state index contributed by atoms with van der Waals surface area (Å²) in [7, 11) is 3.67. The number of nitrogens with zero attached hydrogens (tertiary/aromatic N) is 1. The molecule has 106 valence electrons. The molecule has 1 aliphatic heterocycles. The first-order valence-corrected chi connectivity index (χ1v) is 6.71. The molecule has 2 atom stereocenters. The summed E-state index contributed by atoms with van der Waals surface area (Å²) in [6, 6.07) is 4.00. The predicted molar refractivity (Wildman–Crippen MR) is 71.9 cm³/mol. The molecule has 1 amide bonds. The first-order valence-electron chi connectivity index (χ1n) is 6.71. The third-order valence-corrected chi connectivity index (χ3v) is 3.60. The van der Waals surface area contributed by atoms with Crippen LogP contribution in [0.3, 0.4) is 0 Å². The number of aromatic nitrogens is 1. The molecule has 2 heterocycles. The lowest BCUT2D eigenvalue weighted by Gasteiger charge is -2.31. The minimum atomic E-state index is -0.0281. The van der Waals surface area contributed by atoms with E-state index in [1.807, 2.05) is 29.9 Å². The molecule has 1 fully saturated rings. The van der Waals surface area contributed by atoms with E-state index in [-0.39, 0.29) is 18.1 Å². The summed E-state index contributed by atoms with van der Waals surface area (Å²) in [6.07, 6.45) is 4.13. The fourth-order valence-electron chi connectivity index (χ4n) is 2.41. The molecule has 0 aromatic carbocycles. The average Bonchev–Trinajstić information content (AvgIpc) is 2.82. The summed E-state index contributed by atoms with van der Waals surface area (Å²) < 4.78 is 12.8. The van der Waals surface area contributed by atoms with Gasteiger partial charge in [0.05, 0.1) is 18.8 Å². The topological polar surface area (TPSA) is 52.5 Å². The molecule has 5 nitrogen and oxygen atoms in total. The first-order chi connectivity index (χ1) is 9.20. The summed E-state index contributed by atoms with van der Waals surface area (Å²) in [6.45, 7) is 1.24. The molecular formula is C14H22N2O3. The Kier molecular flexibility index (Phi) is 4.99. The van der Waals surface area contributed by atoms with E-state index in [0.29, 0.717) is 19.6 Å². The molecule has 19 heavy (non-hydrogen) atoms. The highest BCUT2D eigenvalue weighted by Crippen LogP contribution is 2.11. The number of carbonyl (C=O) groups excluding carboxylic acids is 1. The van der Waals surface area contributed by atoms with Crippen LogP contribution >= 0.6 is 0 Å². The van der Waals surface area contributed by atoms with Crippen LogP contribution < -0.4 is 5.32 Å². The van der Waals surface area contributed by atoms with E-state index in [2.05, 4.69) is 5.32 Å². The van der Waals surface area contributed by atoms with Gasteiger partial charge in [0.15, 0.2) is 0 Å². The molecule has 0 aliphatic carbocycles. The van der Waals surface area contributed by atoms with Crippen molar-refractivity contribution in [2.45, 2.75) is 31.4 Å². The summed E-state index contributed by atoms with van der Waals surface area (Å²) in [4.78, 5) is 11.9. The van der Waals surface area contributed by atoms with Gasteiger partial charge in [-0.05, 0) is 25.0 Å². The van der Waals surface area contributed by atoms with Crippen molar-refractivity contribution in [2.75, 3.05) is 20.3 Å². The second-order valence-electron chi connectivity index (χ2n) is 4.92. The van der Waals surface area contributed by atoms with Crippen molar-refractivity contribution < 1.29 is 14.3 Å². The van der Waals surface area contributed by atoms with E-state index < -0.39 is 0 Å². The summed E-state index contributed by atoms with van der Waals surface area (Å²) >= 11 is 0. The Bertz CT molecular complexity index is 417. The standard InChI is InChI=1S/C14H22N2O3/c1-16-8-3-4-11(16)5-6-14(17)15-12-10-19-9-7-13(12)18-2/h3-4,8,12-13H,5-7,9-10H2,1-2H3,(H,15,17)/t12-,13-/m1/s1.